The van der Waals surface area contributed by atoms with Crippen LogP contribution in [0.15, 0.2) is 0 Å². The normalized spacial score (nSPS) is 27.7. The Morgan fingerprint density at radius 1 is 1.30 bits per heavy atom. The maximum absolute atomic E-state index is 12.1. The molecule has 0 saturated heterocycles. The number of amides is 1. The first-order valence-electron chi connectivity index (χ1n) is 7.08. The van der Waals surface area contributed by atoms with E-state index in [1.807, 2.05) is 0 Å². The zero-order valence-electron chi connectivity index (χ0n) is 12.8. The van der Waals surface area contributed by atoms with Crippen LogP contribution in [-0.4, -0.2) is 51.8 Å². The lowest BCUT2D eigenvalue weighted by Gasteiger charge is -2.36. The molecule has 4 unspecified atom stereocenters. The fraction of sp³-hybridized carbons (Fsp3) is 0.857. The van der Waals surface area contributed by atoms with Crippen molar-refractivity contribution >= 4 is 11.9 Å². The fourth-order valence-electron chi connectivity index (χ4n) is 2.99. The number of methoxy groups -OCH3 is 2. The van der Waals surface area contributed by atoms with Crippen molar-refractivity contribution in [2.75, 3.05) is 27.8 Å². The first-order chi connectivity index (χ1) is 9.53. The van der Waals surface area contributed by atoms with Crippen LogP contribution in [-0.2, 0) is 19.1 Å². The molecule has 20 heavy (non-hydrogen) atoms. The lowest BCUT2D eigenvalue weighted by Crippen LogP contribution is -2.50. The van der Waals surface area contributed by atoms with Gasteiger partial charge in [0.15, 0.2) is 0 Å². The van der Waals surface area contributed by atoms with E-state index in [1.165, 1.54) is 7.11 Å². The molecule has 116 valence electrons. The Balaban J connectivity index is 2.53. The van der Waals surface area contributed by atoms with Gasteiger partial charge in [0.2, 0.25) is 5.91 Å². The van der Waals surface area contributed by atoms with E-state index in [2.05, 4.69) is 22.3 Å². The second kappa shape index (κ2) is 8.21. The molecule has 0 aliphatic heterocycles. The molecule has 0 aromatic heterocycles. The molecule has 1 fully saturated rings. The summed E-state index contributed by atoms with van der Waals surface area (Å²) >= 11 is 0. The smallest absolute Gasteiger partial charge is 0.325 e. The minimum atomic E-state index is -0.440. The number of carbonyl (C=O) groups excluding carboxylic acids is 2. The van der Waals surface area contributed by atoms with Crippen molar-refractivity contribution in [2.45, 2.75) is 38.3 Å². The second-order valence-corrected chi connectivity index (χ2v) is 5.38. The molecular weight excluding hydrogens is 260 g/mol. The summed E-state index contributed by atoms with van der Waals surface area (Å²) in [6, 6.07) is -0.278. The van der Waals surface area contributed by atoms with E-state index in [0.29, 0.717) is 5.92 Å². The number of rotatable bonds is 6. The zero-order chi connectivity index (χ0) is 15.1. The quantitative estimate of drug-likeness (QED) is 0.688. The minimum Gasteiger partial charge on any atom is -0.468 e. The summed E-state index contributed by atoms with van der Waals surface area (Å²) in [5.74, 6) is 0.109. The van der Waals surface area contributed by atoms with Gasteiger partial charge in [-0.1, -0.05) is 6.92 Å². The second-order valence-electron chi connectivity index (χ2n) is 5.38. The number of likely N-dealkylation sites (N-methyl/N-ethyl adjacent to an activating group) is 1. The first kappa shape index (κ1) is 16.9. The Bertz CT molecular complexity index is 335. The standard InChI is InChI=1S/C14H26N2O4/c1-9-7-10(5-6-11(9)19-3)13(15-2)14(18)16-8-12(17)20-4/h9-11,13,15H,5-8H2,1-4H3,(H,16,18). The van der Waals surface area contributed by atoms with E-state index in [4.69, 9.17) is 4.74 Å². The van der Waals surface area contributed by atoms with E-state index >= 15 is 0 Å². The minimum absolute atomic E-state index is 0.0868. The molecule has 2 N–H and O–H groups in total. The van der Waals surface area contributed by atoms with Crippen LogP contribution in [0.3, 0.4) is 0 Å². The summed E-state index contributed by atoms with van der Waals surface area (Å²) in [7, 11) is 4.81. The molecule has 0 spiro atoms. The van der Waals surface area contributed by atoms with Gasteiger partial charge >= 0.3 is 5.97 Å². The zero-order valence-corrected chi connectivity index (χ0v) is 12.8. The van der Waals surface area contributed by atoms with Crippen molar-refractivity contribution in [3.05, 3.63) is 0 Å². The number of hydrogen-bond donors (Lipinski definition) is 2. The molecular formula is C14H26N2O4. The average molecular weight is 286 g/mol. The molecule has 1 aliphatic rings. The average Bonchev–Trinajstić information content (AvgIpc) is 2.45. The maximum Gasteiger partial charge on any atom is 0.325 e. The van der Waals surface area contributed by atoms with Crippen LogP contribution < -0.4 is 10.6 Å². The van der Waals surface area contributed by atoms with E-state index in [-0.39, 0.29) is 30.5 Å². The van der Waals surface area contributed by atoms with Crippen molar-refractivity contribution in [3.63, 3.8) is 0 Å². The molecule has 0 aromatic carbocycles. The van der Waals surface area contributed by atoms with Crippen molar-refractivity contribution in [2.24, 2.45) is 11.8 Å². The van der Waals surface area contributed by atoms with Crippen LogP contribution in [0.5, 0.6) is 0 Å². The predicted octanol–water partition coefficient (Wildman–Crippen LogP) is 0.315. The van der Waals surface area contributed by atoms with Gasteiger partial charge in [0.1, 0.15) is 6.54 Å². The molecule has 6 heteroatoms. The van der Waals surface area contributed by atoms with Gasteiger partial charge in [-0.15, -0.1) is 0 Å². The molecule has 1 amide bonds. The Labute approximate surface area is 120 Å². The van der Waals surface area contributed by atoms with Gasteiger partial charge in [0.05, 0.1) is 19.3 Å². The highest BCUT2D eigenvalue weighted by Gasteiger charge is 2.34. The molecule has 0 radical (unpaired) electrons. The third-order valence-electron chi connectivity index (χ3n) is 4.13. The summed E-state index contributed by atoms with van der Waals surface area (Å²) in [4.78, 5) is 23.2. The number of ether oxygens (including phenoxy) is 2. The predicted molar refractivity (Wildman–Crippen MR) is 75.2 cm³/mol. The third kappa shape index (κ3) is 4.45. The summed E-state index contributed by atoms with van der Waals surface area (Å²) in [5, 5.41) is 5.68. The van der Waals surface area contributed by atoms with Crippen LogP contribution >= 0.6 is 0 Å². The molecule has 1 saturated carbocycles. The molecule has 4 atom stereocenters. The SMILES string of the molecule is CNC(C(=O)NCC(=O)OC)C1CCC(OC)C(C)C1. The monoisotopic (exact) mass is 286 g/mol. The third-order valence-corrected chi connectivity index (χ3v) is 4.13. The van der Waals surface area contributed by atoms with Crippen molar-refractivity contribution in [1.29, 1.82) is 0 Å². The highest BCUT2D eigenvalue weighted by molar-refractivity contribution is 5.85. The molecule has 0 bridgehead atoms. The van der Waals surface area contributed by atoms with Gasteiger partial charge in [0, 0.05) is 7.11 Å². The molecule has 1 aliphatic carbocycles. The lowest BCUT2D eigenvalue weighted by atomic mass is 9.76. The van der Waals surface area contributed by atoms with Gasteiger partial charge in [0.25, 0.3) is 0 Å². The molecule has 0 heterocycles. The van der Waals surface area contributed by atoms with E-state index in [0.717, 1.165) is 19.3 Å². The van der Waals surface area contributed by atoms with E-state index in [1.54, 1.807) is 14.2 Å². The van der Waals surface area contributed by atoms with E-state index < -0.39 is 5.97 Å². The highest BCUT2D eigenvalue weighted by atomic mass is 16.5. The van der Waals surface area contributed by atoms with Crippen molar-refractivity contribution in [1.82, 2.24) is 10.6 Å². The Kier molecular flexibility index (Phi) is 6.95. The number of carbonyl (C=O) groups is 2. The van der Waals surface area contributed by atoms with Crippen LogP contribution in [0.25, 0.3) is 0 Å². The first-order valence-corrected chi connectivity index (χ1v) is 7.08. The summed E-state index contributed by atoms with van der Waals surface area (Å²) < 4.78 is 9.95. The van der Waals surface area contributed by atoms with Gasteiger partial charge in [-0.05, 0) is 38.1 Å². The molecule has 0 aromatic rings. The van der Waals surface area contributed by atoms with Gasteiger partial charge in [-0.3, -0.25) is 9.59 Å². The Hall–Kier alpha value is -1.14. The molecule has 6 nitrogen and oxygen atoms in total. The number of nitrogens with one attached hydrogen (secondary N) is 2. The van der Waals surface area contributed by atoms with Crippen molar-refractivity contribution in [3.8, 4) is 0 Å². The van der Waals surface area contributed by atoms with Gasteiger partial charge in [-0.2, -0.15) is 0 Å². The Morgan fingerprint density at radius 3 is 2.50 bits per heavy atom. The van der Waals surface area contributed by atoms with E-state index in [9.17, 15) is 9.59 Å². The van der Waals surface area contributed by atoms with Gasteiger partial charge < -0.3 is 20.1 Å². The van der Waals surface area contributed by atoms with Gasteiger partial charge in [-0.25, -0.2) is 0 Å². The fourth-order valence-corrected chi connectivity index (χ4v) is 2.99. The van der Waals surface area contributed by atoms with Crippen LogP contribution in [0, 0.1) is 11.8 Å². The summed E-state index contributed by atoms with van der Waals surface area (Å²) in [5.41, 5.74) is 0. The maximum atomic E-state index is 12.1. The largest absolute Gasteiger partial charge is 0.468 e. The summed E-state index contributed by atoms with van der Waals surface area (Å²) in [6.07, 6.45) is 3.13. The van der Waals surface area contributed by atoms with Crippen molar-refractivity contribution < 1.29 is 19.1 Å². The molecule has 1 rings (SSSR count). The Morgan fingerprint density at radius 2 is 2.00 bits per heavy atom. The van der Waals surface area contributed by atoms with Crippen LogP contribution in [0.1, 0.15) is 26.2 Å². The number of esters is 1. The highest BCUT2D eigenvalue weighted by Crippen LogP contribution is 2.32. The summed E-state index contributed by atoms with van der Waals surface area (Å²) in [6.45, 7) is 2.07. The number of hydrogen-bond acceptors (Lipinski definition) is 5. The lowest BCUT2D eigenvalue weighted by molar-refractivity contribution is -0.141. The van der Waals surface area contributed by atoms with Crippen LogP contribution in [0.2, 0.25) is 0 Å². The topological polar surface area (TPSA) is 76.7 Å². The van der Waals surface area contributed by atoms with Crippen LogP contribution in [0.4, 0.5) is 0 Å².